The van der Waals surface area contributed by atoms with Gasteiger partial charge in [0.05, 0.1) is 26.0 Å². The first-order valence-electron chi connectivity index (χ1n) is 9.23. The number of ether oxygens (including phenoxy) is 2. The quantitative estimate of drug-likeness (QED) is 0.661. The summed E-state index contributed by atoms with van der Waals surface area (Å²) >= 11 is 1.44. The minimum absolute atomic E-state index is 0.0268. The summed E-state index contributed by atoms with van der Waals surface area (Å²) in [6.45, 7) is 3.58. The molecule has 3 aromatic rings. The minimum Gasteiger partial charge on any atom is -0.497 e. The van der Waals surface area contributed by atoms with Gasteiger partial charge in [0.1, 0.15) is 21.7 Å². The molecule has 0 radical (unpaired) electrons. The van der Waals surface area contributed by atoms with Crippen molar-refractivity contribution in [3.05, 3.63) is 70.7 Å². The van der Waals surface area contributed by atoms with Crippen LogP contribution in [0, 0.1) is 6.92 Å². The first kappa shape index (κ1) is 18.7. The molecule has 0 unspecified atom stereocenters. The Kier molecular flexibility index (Phi) is 5.41. The zero-order chi connectivity index (χ0) is 19.5. The number of amides is 1. The number of benzene rings is 2. The van der Waals surface area contributed by atoms with Gasteiger partial charge in [-0.15, -0.1) is 11.3 Å². The molecule has 0 spiro atoms. The monoisotopic (exact) mass is 394 g/mol. The Morgan fingerprint density at radius 2 is 1.93 bits per heavy atom. The van der Waals surface area contributed by atoms with E-state index in [1.807, 2.05) is 66.4 Å². The molecule has 2 aromatic carbocycles. The van der Waals surface area contributed by atoms with Gasteiger partial charge in [0.25, 0.3) is 5.91 Å². The molecule has 1 aliphatic rings. The van der Waals surface area contributed by atoms with Crippen molar-refractivity contribution in [1.29, 1.82) is 0 Å². The molecule has 28 heavy (non-hydrogen) atoms. The molecular weight excluding hydrogens is 372 g/mol. The zero-order valence-corrected chi connectivity index (χ0v) is 16.7. The molecule has 0 bridgehead atoms. The van der Waals surface area contributed by atoms with E-state index in [1.165, 1.54) is 11.3 Å². The zero-order valence-electron chi connectivity index (χ0n) is 15.9. The lowest BCUT2D eigenvalue weighted by atomic mass is 10.1. The average Bonchev–Trinajstić information content (AvgIpc) is 3.15. The van der Waals surface area contributed by atoms with Gasteiger partial charge in [-0.05, 0) is 36.8 Å². The highest BCUT2D eigenvalue weighted by molar-refractivity contribution is 7.17. The van der Waals surface area contributed by atoms with Crippen molar-refractivity contribution in [3.63, 3.8) is 0 Å². The van der Waals surface area contributed by atoms with Crippen LogP contribution in [0.4, 0.5) is 0 Å². The van der Waals surface area contributed by atoms with Crippen LogP contribution in [-0.4, -0.2) is 42.6 Å². The predicted octanol–water partition coefficient (Wildman–Crippen LogP) is 4.34. The van der Waals surface area contributed by atoms with Gasteiger partial charge in [0, 0.05) is 12.1 Å². The summed E-state index contributed by atoms with van der Waals surface area (Å²) in [6, 6.07) is 17.8. The van der Waals surface area contributed by atoms with E-state index in [1.54, 1.807) is 7.11 Å². The second-order valence-electron chi connectivity index (χ2n) is 6.68. The summed E-state index contributed by atoms with van der Waals surface area (Å²) in [6.07, 6.45) is -0.0896. The number of hydrogen-bond acceptors (Lipinski definition) is 5. The maximum absolute atomic E-state index is 13.2. The average molecular weight is 394 g/mol. The standard InChI is InChI=1S/C22H22N2O3S/c1-15-20(28-21(23-15)17-8-10-18(26-2)11-9-17)22(25)24-12-13-27-19(14-24)16-6-4-3-5-7-16/h3-11,19H,12-14H2,1-2H3/t19-/m1/s1. The van der Waals surface area contributed by atoms with Crippen molar-refractivity contribution in [2.75, 3.05) is 26.8 Å². The van der Waals surface area contributed by atoms with E-state index in [0.717, 1.165) is 27.6 Å². The van der Waals surface area contributed by atoms with Crippen LogP contribution in [-0.2, 0) is 4.74 Å². The summed E-state index contributed by atoms with van der Waals surface area (Å²) in [5.74, 6) is 0.826. The van der Waals surface area contributed by atoms with E-state index < -0.39 is 0 Å². The van der Waals surface area contributed by atoms with Crippen LogP contribution in [0.25, 0.3) is 10.6 Å². The van der Waals surface area contributed by atoms with Crippen molar-refractivity contribution in [2.45, 2.75) is 13.0 Å². The number of carbonyl (C=O) groups is 1. The van der Waals surface area contributed by atoms with Crippen molar-refractivity contribution in [1.82, 2.24) is 9.88 Å². The molecule has 1 aromatic heterocycles. The topological polar surface area (TPSA) is 51.7 Å². The van der Waals surface area contributed by atoms with Gasteiger partial charge >= 0.3 is 0 Å². The van der Waals surface area contributed by atoms with Crippen LogP contribution < -0.4 is 4.74 Å². The third-order valence-electron chi connectivity index (χ3n) is 4.85. The van der Waals surface area contributed by atoms with E-state index in [-0.39, 0.29) is 12.0 Å². The van der Waals surface area contributed by atoms with Crippen LogP contribution >= 0.6 is 11.3 Å². The van der Waals surface area contributed by atoms with Gasteiger partial charge in [-0.2, -0.15) is 0 Å². The highest BCUT2D eigenvalue weighted by atomic mass is 32.1. The summed E-state index contributed by atoms with van der Waals surface area (Å²) < 4.78 is 11.1. The lowest BCUT2D eigenvalue weighted by Crippen LogP contribution is -2.42. The van der Waals surface area contributed by atoms with Crippen molar-refractivity contribution >= 4 is 17.2 Å². The highest BCUT2D eigenvalue weighted by Gasteiger charge is 2.28. The molecule has 1 atom stereocenters. The van der Waals surface area contributed by atoms with Crippen LogP contribution in [0.5, 0.6) is 5.75 Å². The van der Waals surface area contributed by atoms with Gasteiger partial charge in [0.15, 0.2) is 0 Å². The van der Waals surface area contributed by atoms with E-state index in [0.29, 0.717) is 24.6 Å². The lowest BCUT2D eigenvalue weighted by Gasteiger charge is -2.33. The normalized spacial score (nSPS) is 16.8. The Balaban J connectivity index is 1.53. The fourth-order valence-corrected chi connectivity index (χ4v) is 4.34. The van der Waals surface area contributed by atoms with Gasteiger partial charge < -0.3 is 14.4 Å². The molecule has 1 amide bonds. The van der Waals surface area contributed by atoms with E-state index in [2.05, 4.69) is 4.98 Å². The maximum Gasteiger partial charge on any atom is 0.266 e. The fourth-order valence-electron chi connectivity index (χ4n) is 3.30. The summed E-state index contributed by atoms with van der Waals surface area (Å²) in [5, 5.41) is 0.844. The molecular formula is C22H22N2O3S. The third kappa shape index (κ3) is 3.79. The molecule has 0 aliphatic carbocycles. The number of rotatable bonds is 4. The fraction of sp³-hybridized carbons (Fsp3) is 0.273. The lowest BCUT2D eigenvalue weighted by molar-refractivity contribution is -0.0226. The summed E-state index contributed by atoms with van der Waals surface area (Å²) in [4.78, 5) is 20.4. The first-order chi connectivity index (χ1) is 13.7. The largest absolute Gasteiger partial charge is 0.497 e. The van der Waals surface area contributed by atoms with Crippen molar-refractivity contribution < 1.29 is 14.3 Å². The second-order valence-corrected chi connectivity index (χ2v) is 7.68. The number of methoxy groups -OCH3 is 1. The van der Waals surface area contributed by atoms with Crippen LogP contribution in [0.1, 0.15) is 27.0 Å². The van der Waals surface area contributed by atoms with E-state index in [9.17, 15) is 4.79 Å². The Morgan fingerprint density at radius 1 is 1.18 bits per heavy atom. The molecule has 6 heteroatoms. The molecule has 0 saturated carbocycles. The highest BCUT2D eigenvalue weighted by Crippen LogP contribution is 2.31. The van der Waals surface area contributed by atoms with Crippen molar-refractivity contribution in [3.8, 4) is 16.3 Å². The number of hydrogen-bond donors (Lipinski definition) is 0. The number of aromatic nitrogens is 1. The molecule has 5 nitrogen and oxygen atoms in total. The van der Waals surface area contributed by atoms with Gasteiger partial charge in [-0.1, -0.05) is 30.3 Å². The second kappa shape index (κ2) is 8.12. The molecule has 144 valence electrons. The molecule has 4 rings (SSSR count). The number of morpholine rings is 1. The van der Waals surface area contributed by atoms with Crippen LogP contribution in [0.15, 0.2) is 54.6 Å². The summed E-state index contributed by atoms with van der Waals surface area (Å²) in [7, 11) is 1.64. The number of aryl methyl sites for hydroxylation is 1. The SMILES string of the molecule is COc1ccc(-c2nc(C)c(C(=O)N3CCO[C@@H](c4ccccc4)C3)s2)cc1. The predicted molar refractivity (Wildman–Crippen MR) is 110 cm³/mol. The number of nitrogens with zero attached hydrogens (tertiary/aromatic N) is 2. The van der Waals surface area contributed by atoms with Gasteiger partial charge in [-0.25, -0.2) is 4.98 Å². The van der Waals surface area contributed by atoms with Crippen LogP contribution in [0.3, 0.4) is 0 Å². The van der Waals surface area contributed by atoms with Gasteiger partial charge in [-0.3, -0.25) is 4.79 Å². The molecule has 0 N–H and O–H groups in total. The van der Waals surface area contributed by atoms with Crippen LogP contribution in [0.2, 0.25) is 0 Å². The number of carbonyl (C=O) groups excluding carboxylic acids is 1. The minimum atomic E-state index is -0.0896. The van der Waals surface area contributed by atoms with E-state index in [4.69, 9.17) is 9.47 Å². The van der Waals surface area contributed by atoms with E-state index >= 15 is 0 Å². The Morgan fingerprint density at radius 3 is 2.64 bits per heavy atom. The Bertz CT molecular complexity index is 954. The maximum atomic E-state index is 13.2. The molecule has 1 saturated heterocycles. The third-order valence-corrected chi connectivity index (χ3v) is 6.05. The first-order valence-corrected chi connectivity index (χ1v) is 10.0. The Labute approximate surface area is 168 Å². The molecule has 1 fully saturated rings. The molecule has 2 heterocycles. The van der Waals surface area contributed by atoms with Gasteiger partial charge in [0.2, 0.25) is 0 Å². The molecule has 1 aliphatic heterocycles. The number of thiazole rings is 1. The smallest absolute Gasteiger partial charge is 0.266 e. The summed E-state index contributed by atoms with van der Waals surface area (Å²) in [5.41, 5.74) is 2.85. The Hall–Kier alpha value is -2.70. The van der Waals surface area contributed by atoms with Crippen molar-refractivity contribution in [2.24, 2.45) is 0 Å².